The van der Waals surface area contributed by atoms with Crippen LogP contribution in [0.3, 0.4) is 0 Å². The average molecular weight is 350 g/mol. The first-order valence-electron chi connectivity index (χ1n) is 8.29. The maximum absolute atomic E-state index is 10.6. The lowest BCUT2D eigenvalue weighted by Gasteiger charge is -2.20. The quantitative estimate of drug-likeness (QED) is 0.388. The Hall–Kier alpha value is -1.86. The van der Waals surface area contributed by atoms with Crippen LogP contribution in [0.2, 0.25) is 0 Å². The highest BCUT2D eigenvalue weighted by molar-refractivity contribution is 7.10. The lowest BCUT2D eigenvalue weighted by Crippen LogP contribution is -2.39. The number of nitrogens with one attached hydrogen (secondary N) is 2. The van der Waals surface area contributed by atoms with Crippen molar-refractivity contribution in [1.29, 1.82) is 0 Å². The normalized spacial score (nSPS) is 14.4. The molecule has 0 aliphatic carbocycles. The summed E-state index contributed by atoms with van der Waals surface area (Å²) in [6.07, 6.45) is 4.86. The van der Waals surface area contributed by atoms with Crippen LogP contribution < -0.4 is 10.6 Å². The van der Waals surface area contributed by atoms with Gasteiger partial charge in [-0.05, 0) is 44.2 Å². The molecule has 0 amide bonds. The summed E-state index contributed by atoms with van der Waals surface area (Å²) >= 11 is 1.55. The minimum atomic E-state index is -0.941. The number of aliphatic imine (C=N–C) groups is 1. The van der Waals surface area contributed by atoms with Crippen molar-refractivity contribution in [3.05, 3.63) is 40.3 Å². The van der Waals surface area contributed by atoms with Gasteiger partial charge in [-0.3, -0.25) is 4.68 Å². The molecule has 0 aliphatic heterocycles. The van der Waals surface area contributed by atoms with Crippen molar-refractivity contribution in [3.63, 3.8) is 0 Å². The second-order valence-corrected chi connectivity index (χ2v) is 6.96. The molecule has 2 heterocycles. The lowest BCUT2D eigenvalue weighted by molar-refractivity contribution is 0.0711. The molecule has 132 valence electrons. The molecule has 2 rings (SSSR count). The first-order valence-corrected chi connectivity index (χ1v) is 9.17. The Bertz CT molecular complexity index is 633. The maximum atomic E-state index is 10.6. The second-order valence-electron chi connectivity index (χ2n) is 6.01. The summed E-state index contributed by atoms with van der Waals surface area (Å²) in [5, 5.41) is 23.3. The molecule has 0 fully saturated rings. The molecule has 0 radical (unpaired) electrons. The standard InChI is InChI=1S/C17H27N5OS/c1-4-18-16(19-8-6-9-22-12-14(2)11-21-22)20-13-17(3,23)15-7-5-10-24-15/h5,7,10-12,23H,4,6,8-9,13H2,1-3H3,(H2,18,19,20). The van der Waals surface area contributed by atoms with E-state index < -0.39 is 5.60 Å². The Kier molecular flexibility index (Phi) is 6.81. The largest absolute Gasteiger partial charge is 0.383 e. The molecule has 24 heavy (non-hydrogen) atoms. The number of guanidine groups is 1. The number of hydrogen-bond acceptors (Lipinski definition) is 4. The van der Waals surface area contributed by atoms with Crippen molar-refractivity contribution in [2.45, 2.75) is 39.3 Å². The summed E-state index contributed by atoms with van der Waals surface area (Å²) in [4.78, 5) is 5.45. The molecule has 3 N–H and O–H groups in total. The van der Waals surface area contributed by atoms with E-state index in [9.17, 15) is 5.11 Å². The molecule has 2 aromatic heterocycles. The van der Waals surface area contributed by atoms with E-state index in [1.54, 1.807) is 18.3 Å². The summed E-state index contributed by atoms with van der Waals surface area (Å²) in [5.41, 5.74) is 0.233. The second kappa shape index (κ2) is 8.84. The van der Waals surface area contributed by atoms with E-state index in [0.29, 0.717) is 6.54 Å². The molecule has 1 unspecified atom stereocenters. The minimum Gasteiger partial charge on any atom is -0.383 e. The SMILES string of the molecule is CCNC(=NCC(C)(O)c1cccs1)NCCCn1cc(C)cn1. The summed E-state index contributed by atoms with van der Waals surface area (Å²) in [7, 11) is 0. The highest BCUT2D eigenvalue weighted by Crippen LogP contribution is 2.25. The van der Waals surface area contributed by atoms with Crippen LogP contribution >= 0.6 is 11.3 Å². The summed E-state index contributed by atoms with van der Waals surface area (Å²) in [6.45, 7) is 8.63. The fourth-order valence-corrected chi connectivity index (χ4v) is 3.05. The Balaban J connectivity index is 1.82. The molecule has 0 bridgehead atoms. The van der Waals surface area contributed by atoms with Gasteiger partial charge in [-0.2, -0.15) is 5.10 Å². The Morgan fingerprint density at radius 2 is 2.29 bits per heavy atom. The molecule has 7 heteroatoms. The zero-order valence-corrected chi connectivity index (χ0v) is 15.4. The molecule has 0 spiro atoms. The first kappa shape index (κ1) is 18.5. The number of nitrogens with zero attached hydrogens (tertiary/aromatic N) is 3. The highest BCUT2D eigenvalue weighted by atomic mass is 32.1. The van der Waals surface area contributed by atoms with Crippen molar-refractivity contribution >= 4 is 17.3 Å². The van der Waals surface area contributed by atoms with Gasteiger partial charge in [0.15, 0.2) is 5.96 Å². The minimum absolute atomic E-state index is 0.321. The third-order valence-electron chi connectivity index (χ3n) is 3.56. The van der Waals surface area contributed by atoms with E-state index in [0.717, 1.165) is 36.9 Å². The predicted octanol–water partition coefficient (Wildman–Crippen LogP) is 2.11. The summed E-state index contributed by atoms with van der Waals surface area (Å²) < 4.78 is 1.95. The van der Waals surface area contributed by atoms with Gasteiger partial charge in [-0.1, -0.05) is 6.07 Å². The van der Waals surface area contributed by atoms with Crippen molar-refractivity contribution in [1.82, 2.24) is 20.4 Å². The van der Waals surface area contributed by atoms with Crippen LogP contribution in [0.5, 0.6) is 0 Å². The fraction of sp³-hybridized carbons (Fsp3) is 0.529. The number of hydrogen-bond donors (Lipinski definition) is 3. The van der Waals surface area contributed by atoms with E-state index in [1.807, 2.05) is 48.4 Å². The van der Waals surface area contributed by atoms with E-state index in [4.69, 9.17) is 0 Å². The Morgan fingerprint density at radius 1 is 1.46 bits per heavy atom. The third-order valence-corrected chi connectivity index (χ3v) is 4.68. The molecule has 1 atom stereocenters. The highest BCUT2D eigenvalue weighted by Gasteiger charge is 2.23. The van der Waals surface area contributed by atoms with E-state index in [1.165, 1.54) is 5.56 Å². The van der Waals surface area contributed by atoms with Gasteiger partial charge in [-0.15, -0.1) is 11.3 Å². The third kappa shape index (κ3) is 5.65. The smallest absolute Gasteiger partial charge is 0.191 e. The number of aromatic nitrogens is 2. The molecule has 0 saturated heterocycles. The van der Waals surface area contributed by atoms with E-state index in [-0.39, 0.29) is 0 Å². The van der Waals surface area contributed by atoms with E-state index in [2.05, 4.69) is 20.7 Å². The van der Waals surface area contributed by atoms with Crippen LogP contribution in [0.15, 0.2) is 34.9 Å². The molecular weight excluding hydrogens is 322 g/mol. The van der Waals surface area contributed by atoms with Crippen molar-refractivity contribution < 1.29 is 5.11 Å². The average Bonchev–Trinajstić information content (AvgIpc) is 3.21. The van der Waals surface area contributed by atoms with Gasteiger partial charge in [-0.25, -0.2) is 4.99 Å². The summed E-state index contributed by atoms with van der Waals surface area (Å²) in [6, 6.07) is 3.88. The van der Waals surface area contributed by atoms with Crippen LogP contribution in [0.1, 0.15) is 30.7 Å². The monoisotopic (exact) mass is 349 g/mol. The van der Waals surface area contributed by atoms with Gasteiger partial charge < -0.3 is 15.7 Å². The van der Waals surface area contributed by atoms with Crippen LogP contribution in [0, 0.1) is 6.92 Å². The molecular formula is C17H27N5OS. The number of aryl methyl sites for hydroxylation is 2. The Labute approximate surface area is 147 Å². The first-order chi connectivity index (χ1) is 11.5. The van der Waals surface area contributed by atoms with Gasteiger partial charge in [0.25, 0.3) is 0 Å². The maximum Gasteiger partial charge on any atom is 0.191 e. The van der Waals surface area contributed by atoms with Crippen LogP contribution in [0.25, 0.3) is 0 Å². The molecule has 0 aliphatic rings. The van der Waals surface area contributed by atoms with Crippen molar-refractivity contribution in [2.24, 2.45) is 4.99 Å². The van der Waals surface area contributed by atoms with Crippen LogP contribution in [0.4, 0.5) is 0 Å². The molecule has 0 saturated carbocycles. The molecule has 2 aromatic rings. The molecule has 6 nitrogen and oxygen atoms in total. The van der Waals surface area contributed by atoms with Gasteiger partial charge in [0.05, 0.1) is 12.7 Å². The van der Waals surface area contributed by atoms with Crippen molar-refractivity contribution in [2.75, 3.05) is 19.6 Å². The number of aliphatic hydroxyl groups is 1. The zero-order valence-electron chi connectivity index (χ0n) is 14.6. The van der Waals surface area contributed by atoms with Crippen LogP contribution in [-0.4, -0.2) is 40.5 Å². The van der Waals surface area contributed by atoms with Gasteiger partial charge in [0, 0.05) is 30.7 Å². The fourth-order valence-electron chi connectivity index (χ4n) is 2.27. The van der Waals surface area contributed by atoms with Gasteiger partial charge in [0.2, 0.25) is 0 Å². The number of thiophene rings is 1. The molecule has 0 aromatic carbocycles. The zero-order chi connectivity index (χ0) is 17.4. The van der Waals surface area contributed by atoms with Gasteiger partial charge in [0.1, 0.15) is 5.60 Å². The van der Waals surface area contributed by atoms with E-state index >= 15 is 0 Å². The summed E-state index contributed by atoms with van der Waals surface area (Å²) in [5.74, 6) is 0.728. The van der Waals surface area contributed by atoms with Crippen molar-refractivity contribution in [3.8, 4) is 0 Å². The number of rotatable bonds is 8. The predicted molar refractivity (Wildman–Crippen MR) is 99.5 cm³/mol. The van der Waals surface area contributed by atoms with Gasteiger partial charge >= 0.3 is 0 Å². The van der Waals surface area contributed by atoms with Crippen LogP contribution in [-0.2, 0) is 12.1 Å². The Morgan fingerprint density at radius 3 is 2.92 bits per heavy atom. The topological polar surface area (TPSA) is 74.5 Å². The lowest BCUT2D eigenvalue weighted by atomic mass is 10.1.